The van der Waals surface area contributed by atoms with E-state index in [0.29, 0.717) is 11.8 Å². The number of carbonyl (C=O) groups is 2. The molecule has 0 spiro atoms. The van der Waals surface area contributed by atoms with Gasteiger partial charge in [0.15, 0.2) is 0 Å². The van der Waals surface area contributed by atoms with Crippen LogP contribution in [0.1, 0.15) is 55.3 Å². The highest BCUT2D eigenvalue weighted by Gasteiger charge is 2.30. The molecule has 4 rings (SSSR count). The van der Waals surface area contributed by atoms with E-state index in [0.717, 1.165) is 56.6 Å². The molecule has 2 unspecified atom stereocenters. The number of rotatable bonds is 6. The minimum absolute atomic E-state index is 0.221. The summed E-state index contributed by atoms with van der Waals surface area (Å²) in [6, 6.07) is 15.4. The van der Waals surface area contributed by atoms with E-state index in [4.69, 9.17) is 10.5 Å². The molecule has 1 aliphatic heterocycles. The maximum Gasteiger partial charge on any atom is 0.318 e. The van der Waals surface area contributed by atoms with Crippen LogP contribution in [0.4, 0.5) is 0 Å². The number of carbonyl (C=O) groups excluding carboxylic acids is 2. The SMILES string of the molecule is CC(C)N1CCN(C(C(N)=O)c2ccc(OC(=O)C3CCCc4ccccc43)cc2)CC1. The molecule has 1 amide bonds. The molecule has 6 nitrogen and oxygen atoms in total. The number of primary amides is 1. The first-order valence-electron chi connectivity index (χ1n) is 11.6. The van der Waals surface area contributed by atoms with Crippen LogP contribution >= 0.6 is 0 Å². The van der Waals surface area contributed by atoms with Gasteiger partial charge in [-0.15, -0.1) is 0 Å². The first-order chi connectivity index (χ1) is 15.4. The summed E-state index contributed by atoms with van der Waals surface area (Å²) in [5.74, 6) is -0.308. The second-order valence-corrected chi connectivity index (χ2v) is 9.10. The molecule has 0 saturated carbocycles. The number of nitrogens with two attached hydrogens (primary N) is 1. The van der Waals surface area contributed by atoms with E-state index in [1.807, 2.05) is 30.3 Å². The zero-order chi connectivity index (χ0) is 22.7. The summed E-state index contributed by atoms with van der Waals surface area (Å²) in [6.45, 7) is 7.80. The van der Waals surface area contributed by atoms with Crippen LogP contribution in [0.25, 0.3) is 0 Å². The van der Waals surface area contributed by atoms with Gasteiger partial charge in [-0.1, -0.05) is 36.4 Å². The molecule has 2 atom stereocenters. The lowest BCUT2D eigenvalue weighted by molar-refractivity contribution is -0.136. The first kappa shape index (κ1) is 22.5. The van der Waals surface area contributed by atoms with Crippen molar-refractivity contribution >= 4 is 11.9 Å². The van der Waals surface area contributed by atoms with Gasteiger partial charge in [-0.05, 0) is 61.9 Å². The normalized spacial score (nSPS) is 20.5. The number of hydrogen-bond donors (Lipinski definition) is 1. The van der Waals surface area contributed by atoms with Crippen molar-refractivity contribution in [2.75, 3.05) is 26.2 Å². The highest BCUT2D eigenvalue weighted by molar-refractivity contribution is 5.82. The van der Waals surface area contributed by atoms with Crippen LogP contribution in [0, 0.1) is 0 Å². The van der Waals surface area contributed by atoms with Crippen LogP contribution in [-0.4, -0.2) is 53.9 Å². The summed E-state index contributed by atoms with van der Waals surface area (Å²) >= 11 is 0. The number of ether oxygens (including phenoxy) is 1. The molecule has 0 bridgehead atoms. The topological polar surface area (TPSA) is 75.9 Å². The highest BCUT2D eigenvalue weighted by atomic mass is 16.5. The lowest BCUT2D eigenvalue weighted by atomic mass is 9.83. The largest absolute Gasteiger partial charge is 0.426 e. The predicted octanol–water partition coefficient (Wildman–Crippen LogP) is 3.26. The van der Waals surface area contributed by atoms with Crippen molar-refractivity contribution in [3.05, 3.63) is 65.2 Å². The van der Waals surface area contributed by atoms with Crippen molar-refractivity contribution in [2.45, 2.75) is 51.1 Å². The van der Waals surface area contributed by atoms with Gasteiger partial charge >= 0.3 is 5.97 Å². The van der Waals surface area contributed by atoms with Gasteiger partial charge in [-0.2, -0.15) is 0 Å². The van der Waals surface area contributed by atoms with Gasteiger partial charge in [0, 0.05) is 32.2 Å². The van der Waals surface area contributed by atoms with E-state index >= 15 is 0 Å². The van der Waals surface area contributed by atoms with E-state index in [9.17, 15) is 9.59 Å². The molecule has 6 heteroatoms. The van der Waals surface area contributed by atoms with Crippen molar-refractivity contribution in [3.63, 3.8) is 0 Å². The Morgan fingerprint density at radius 2 is 1.62 bits per heavy atom. The summed E-state index contributed by atoms with van der Waals surface area (Å²) in [7, 11) is 0. The number of benzene rings is 2. The molecule has 1 saturated heterocycles. The number of esters is 1. The van der Waals surface area contributed by atoms with Crippen LogP contribution < -0.4 is 10.5 Å². The minimum Gasteiger partial charge on any atom is -0.426 e. The van der Waals surface area contributed by atoms with Crippen molar-refractivity contribution < 1.29 is 14.3 Å². The lowest BCUT2D eigenvalue weighted by Crippen LogP contribution is -2.51. The molecule has 1 fully saturated rings. The second-order valence-electron chi connectivity index (χ2n) is 9.10. The van der Waals surface area contributed by atoms with E-state index in [1.54, 1.807) is 12.1 Å². The number of piperazine rings is 1. The van der Waals surface area contributed by atoms with Crippen molar-refractivity contribution in [1.29, 1.82) is 0 Å². The molecule has 0 aromatic heterocycles. The van der Waals surface area contributed by atoms with Gasteiger partial charge in [0.1, 0.15) is 11.8 Å². The zero-order valence-corrected chi connectivity index (χ0v) is 19.0. The van der Waals surface area contributed by atoms with E-state index in [1.165, 1.54) is 5.56 Å². The number of fused-ring (bicyclic) bond motifs is 1. The van der Waals surface area contributed by atoms with Gasteiger partial charge in [0.05, 0.1) is 5.92 Å². The summed E-state index contributed by atoms with van der Waals surface area (Å²) in [6.07, 6.45) is 2.80. The minimum atomic E-state index is -0.473. The Kier molecular flexibility index (Phi) is 6.92. The third-order valence-electron chi connectivity index (χ3n) is 6.78. The summed E-state index contributed by atoms with van der Waals surface area (Å²) < 4.78 is 5.72. The molecule has 2 N–H and O–H groups in total. The number of amides is 1. The second kappa shape index (κ2) is 9.84. The Bertz CT molecular complexity index is 949. The van der Waals surface area contributed by atoms with Crippen molar-refractivity contribution in [2.24, 2.45) is 5.73 Å². The van der Waals surface area contributed by atoms with E-state index in [2.05, 4.69) is 29.7 Å². The zero-order valence-electron chi connectivity index (χ0n) is 19.0. The average Bonchev–Trinajstić information content (AvgIpc) is 2.80. The van der Waals surface area contributed by atoms with Crippen LogP contribution in [0.15, 0.2) is 48.5 Å². The quantitative estimate of drug-likeness (QED) is 0.557. The monoisotopic (exact) mass is 435 g/mol. The predicted molar refractivity (Wildman–Crippen MR) is 124 cm³/mol. The smallest absolute Gasteiger partial charge is 0.318 e. The Hall–Kier alpha value is -2.70. The fraction of sp³-hybridized carbons (Fsp3) is 0.462. The third-order valence-corrected chi connectivity index (χ3v) is 6.78. The van der Waals surface area contributed by atoms with Gasteiger partial charge in [-0.25, -0.2) is 0 Å². The van der Waals surface area contributed by atoms with Crippen LogP contribution in [0.2, 0.25) is 0 Å². The number of hydrogen-bond acceptors (Lipinski definition) is 5. The molecule has 32 heavy (non-hydrogen) atoms. The van der Waals surface area contributed by atoms with Crippen LogP contribution in [-0.2, 0) is 16.0 Å². The molecule has 170 valence electrons. The molecule has 0 radical (unpaired) electrons. The fourth-order valence-corrected chi connectivity index (χ4v) is 4.97. The third kappa shape index (κ3) is 4.87. The summed E-state index contributed by atoms with van der Waals surface area (Å²) in [5, 5.41) is 0. The number of nitrogens with zero attached hydrogens (tertiary/aromatic N) is 2. The van der Waals surface area contributed by atoms with Crippen molar-refractivity contribution in [3.8, 4) is 5.75 Å². The van der Waals surface area contributed by atoms with E-state index < -0.39 is 6.04 Å². The molecular weight excluding hydrogens is 402 g/mol. The van der Waals surface area contributed by atoms with Gasteiger partial charge in [-0.3, -0.25) is 19.4 Å². The lowest BCUT2D eigenvalue weighted by Gasteiger charge is -2.39. The average molecular weight is 436 g/mol. The maximum atomic E-state index is 12.9. The van der Waals surface area contributed by atoms with Crippen LogP contribution in [0.5, 0.6) is 5.75 Å². The Morgan fingerprint density at radius 3 is 2.28 bits per heavy atom. The standard InChI is InChI=1S/C26H33N3O3/c1-18(2)28-14-16-29(17-15-28)24(25(27)30)20-10-12-21(13-11-20)32-26(31)23-9-5-7-19-6-3-4-8-22(19)23/h3-4,6,8,10-13,18,23-24H,5,7,9,14-17H2,1-2H3,(H2,27,30). The summed E-state index contributed by atoms with van der Waals surface area (Å²) in [5.41, 5.74) is 8.92. The maximum absolute atomic E-state index is 12.9. The summed E-state index contributed by atoms with van der Waals surface area (Å²) in [4.78, 5) is 29.7. The van der Waals surface area contributed by atoms with Gasteiger partial charge in [0.25, 0.3) is 0 Å². The van der Waals surface area contributed by atoms with E-state index in [-0.39, 0.29) is 17.8 Å². The molecule has 1 heterocycles. The van der Waals surface area contributed by atoms with Crippen molar-refractivity contribution in [1.82, 2.24) is 9.80 Å². The Morgan fingerprint density at radius 1 is 0.969 bits per heavy atom. The molecule has 1 aliphatic carbocycles. The van der Waals surface area contributed by atoms with Gasteiger partial charge < -0.3 is 10.5 Å². The molecular formula is C26H33N3O3. The fourth-order valence-electron chi connectivity index (χ4n) is 4.97. The van der Waals surface area contributed by atoms with Gasteiger partial charge in [0.2, 0.25) is 5.91 Å². The molecule has 2 aromatic rings. The first-order valence-corrected chi connectivity index (χ1v) is 11.6. The Labute approximate surface area is 190 Å². The number of aryl methyl sites for hydroxylation is 1. The highest BCUT2D eigenvalue weighted by Crippen LogP contribution is 2.33. The molecule has 2 aliphatic rings. The van der Waals surface area contributed by atoms with Crippen LogP contribution in [0.3, 0.4) is 0 Å². The Balaban J connectivity index is 1.43. The molecule has 2 aromatic carbocycles.